The number of aromatic nitrogens is 1. The first-order chi connectivity index (χ1) is 10.8. The maximum atomic E-state index is 12.7. The Morgan fingerprint density at radius 3 is 2.50 bits per heavy atom. The van der Waals surface area contributed by atoms with Gasteiger partial charge in [0.2, 0.25) is 0 Å². The number of fused-ring (bicyclic) bond motifs is 1. The topological polar surface area (TPSA) is 22.0 Å². The van der Waals surface area contributed by atoms with Gasteiger partial charge in [-0.05, 0) is 12.0 Å². The van der Waals surface area contributed by atoms with Crippen LogP contribution in [0.2, 0.25) is 0 Å². The van der Waals surface area contributed by atoms with E-state index >= 15 is 0 Å². The average molecular weight is 291 g/mol. The smallest absolute Gasteiger partial charge is 0.179 e. The molecule has 0 saturated heterocycles. The number of carbonyl (C=O) groups excluding carboxylic acids is 1. The predicted molar refractivity (Wildman–Crippen MR) is 91.3 cm³/mol. The van der Waals surface area contributed by atoms with Gasteiger partial charge in [-0.15, -0.1) is 0 Å². The van der Waals surface area contributed by atoms with Gasteiger partial charge in [-0.3, -0.25) is 4.79 Å². The Balaban J connectivity index is 2.02. The zero-order chi connectivity index (χ0) is 15.4. The molecule has 0 saturated carbocycles. The van der Waals surface area contributed by atoms with Crippen LogP contribution in [0.4, 0.5) is 0 Å². The molecule has 3 aromatic rings. The normalized spacial score (nSPS) is 11.0. The molecule has 0 radical (unpaired) electrons. The molecule has 1 aromatic heterocycles. The van der Waals surface area contributed by atoms with Crippen molar-refractivity contribution in [2.75, 3.05) is 0 Å². The maximum Gasteiger partial charge on any atom is 0.179 e. The Kier molecular flexibility index (Phi) is 4.38. The molecule has 0 amide bonds. The lowest BCUT2D eigenvalue weighted by Gasteiger charge is -2.09. The average Bonchev–Trinajstić information content (AvgIpc) is 2.91. The van der Waals surface area contributed by atoms with E-state index in [-0.39, 0.29) is 5.78 Å². The molecule has 1 heterocycles. The largest absolute Gasteiger partial charge is 0.340 e. The fraction of sp³-hybridized carbons (Fsp3) is 0.250. The van der Waals surface area contributed by atoms with Crippen LogP contribution >= 0.6 is 0 Å². The van der Waals surface area contributed by atoms with Crippen LogP contribution in [0.5, 0.6) is 0 Å². The third kappa shape index (κ3) is 2.96. The number of ketones is 1. The fourth-order valence-electron chi connectivity index (χ4n) is 2.88. The fourth-order valence-corrected chi connectivity index (χ4v) is 2.88. The van der Waals surface area contributed by atoms with Crippen molar-refractivity contribution in [1.29, 1.82) is 0 Å². The van der Waals surface area contributed by atoms with Crippen molar-refractivity contribution in [2.24, 2.45) is 0 Å². The van der Waals surface area contributed by atoms with E-state index in [1.165, 1.54) is 5.56 Å². The van der Waals surface area contributed by atoms with Gasteiger partial charge in [-0.25, -0.2) is 0 Å². The molecule has 0 bridgehead atoms. The summed E-state index contributed by atoms with van der Waals surface area (Å²) >= 11 is 0. The van der Waals surface area contributed by atoms with E-state index in [4.69, 9.17) is 0 Å². The van der Waals surface area contributed by atoms with Crippen molar-refractivity contribution in [3.63, 3.8) is 0 Å². The van der Waals surface area contributed by atoms with Gasteiger partial charge in [-0.2, -0.15) is 0 Å². The molecule has 0 aliphatic rings. The maximum absolute atomic E-state index is 12.7. The molecule has 0 N–H and O–H groups in total. The van der Waals surface area contributed by atoms with Crippen LogP contribution < -0.4 is 0 Å². The van der Waals surface area contributed by atoms with Crippen LogP contribution in [-0.2, 0) is 6.54 Å². The summed E-state index contributed by atoms with van der Waals surface area (Å²) in [7, 11) is 0. The molecule has 2 heteroatoms. The van der Waals surface area contributed by atoms with E-state index in [1.807, 2.05) is 30.3 Å². The molecule has 2 nitrogen and oxygen atoms in total. The predicted octanol–water partition coefficient (Wildman–Crippen LogP) is 5.06. The molecular formula is C20H21NO. The van der Waals surface area contributed by atoms with Crippen LogP contribution in [0.25, 0.3) is 10.8 Å². The van der Waals surface area contributed by atoms with Crippen molar-refractivity contribution in [2.45, 2.75) is 32.7 Å². The highest BCUT2D eigenvalue weighted by Gasteiger charge is 2.16. The molecular weight excluding hydrogens is 270 g/mol. The first kappa shape index (κ1) is 14.6. The first-order valence-electron chi connectivity index (χ1n) is 7.94. The van der Waals surface area contributed by atoms with Gasteiger partial charge >= 0.3 is 0 Å². The van der Waals surface area contributed by atoms with E-state index in [0.29, 0.717) is 6.42 Å². The number of rotatable bonds is 6. The van der Waals surface area contributed by atoms with Gasteiger partial charge in [0.15, 0.2) is 5.78 Å². The number of benzene rings is 2. The highest BCUT2D eigenvalue weighted by atomic mass is 16.1. The minimum absolute atomic E-state index is 0.249. The summed E-state index contributed by atoms with van der Waals surface area (Å²) in [5, 5.41) is 2.21. The minimum atomic E-state index is 0.249. The highest BCUT2D eigenvalue weighted by Crippen LogP contribution is 2.24. The lowest BCUT2D eigenvalue weighted by atomic mass is 10.1. The first-order valence-corrected chi connectivity index (χ1v) is 7.94. The number of nitrogens with zero attached hydrogens (tertiary/aromatic N) is 1. The van der Waals surface area contributed by atoms with Crippen molar-refractivity contribution in [3.8, 4) is 0 Å². The number of carbonyl (C=O) groups is 1. The number of unbranched alkanes of at least 4 members (excludes halogenated alkanes) is 1. The molecule has 0 fully saturated rings. The molecule has 0 aliphatic carbocycles. The highest BCUT2D eigenvalue weighted by molar-refractivity contribution is 6.07. The zero-order valence-corrected chi connectivity index (χ0v) is 13.0. The summed E-state index contributed by atoms with van der Waals surface area (Å²) in [6.07, 6.45) is 4.72. The Morgan fingerprint density at radius 1 is 1.00 bits per heavy atom. The Hall–Kier alpha value is -2.35. The van der Waals surface area contributed by atoms with Crippen LogP contribution in [0.1, 0.15) is 42.2 Å². The Bertz CT molecular complexity index is 771. The third-order valence-electron chi connectivity index (χ3n) is 4.02. The van der Waals surface area contributed by atoms with Crippen molar-refractivity contribution in [1.82, 2.24) is 4.57 Å². The lowest BCUT2D eigenvalue weighted by molar-refractivity contribution is 0.0973. The summed E-state index contributed by atoms with van der Waals surface area (Å²) in [6.45, 7) is 2.86. The number of hydrogen-bond donors (Lipinski definition) is 0. The van der Waals surface area contributed by atoms with Crippen LogP contribution in [0.15, 0.2) is 60.8 Å². The van der Waals surface area contributed by atoms with E-state index in [0.717, 1.165) is 35.9 Å². The van der Waals surface area contributed by atoms with Gasteiger partial charge in [-0.1, -0.05) is 67.9 Å². The van der Waals surface area contributed by atoms with Gasteiger partial charge in [0.1, 0.15) is 0 Å². The molecule has 22 heavy (non-hydrogen) atoms. The third-order valence-corrected chi connectivity index (χ3v) is 4.02. The van der Waals surface area contributed by atoms with Gasteiger partial charge in [0, 0.05) is 29.9 Å². The summed E-state index contributed by atoms with van der Waals surface area (Å²) < 4.78 is 2.11. The molecule has 0 atom stereocenters. The van der Waals surface area contributed by atoms with Crippen LogP contribution in [0, 0.1) is 0 Å². The Morgan fingerprint density at radius 2 is 1.73 bits per heavy atom. The standard InChI is InChI=1S/C20H21NO/c1-2-3-13-19(22)20-18-12-8-7-11-17(18)15-21(20)14-16-9-5-4-6-10-16/h4-12,15H,2-3,13-14H2,1H3. The summed E-state index contributed by atoms with van der Waals surface area (Å²) in [5.74, 6) is 0.249. The van der Waals surface area contributed by atoms with E-state index < -0.39 is 0 Å². The molecule has 3 rings (SSSR count). The minimum Gasteiger partial charge on any atom is -0.340 e. The Labute approximate surface area is 131 Å². The number of hydrogen-bond acceptors (Lipinski definition) is 1. The van der Waals surface area contributed by atoms with Crippen LogP contribution in [0.3, 0.4) is 0 Å². The SMILES string of the molecule is CCCCC(=O)c1c2ccccc2cn1Cc1ccccc1. The van der Waals surface area contributed by atoms with Gasteiger partial charge in [0.25, 0.3) is 0 Å². The van der Waals surface area contributed by atoms with E-state index in [9.17, 15) is 4.79 Å². The number of Topliss-reactive ketones (excluding diaryl/α,β-unsaturated/α-hetero) is 1. The van der Waals surface area contributed by atoms with Crippen molar-refractivity contribution >= 4 is 16.6 Å². The van der Waals surface area contributed by atoms with Gasteiger partial charge < -0.3 is 4.57 Å². The second-order valence-electron chi connectivity index (χ2n) is 5.71. The van der Waals surface area contributed by atoms with Gasteiger partial charge in [0.05, 0.1) is 5.69 Å². The monoisotopic (exact) mass is 291 g/mol. The van der Waals surface area contributed by atoms with Crippen molar-refractivity contribution in [3.05, 3.63) is 72.1 Å². The molecule has 0 unspecified atom stereocenters. The summed E-state index contributed by atoms with van der Waals surface area (Å²) in [4.78, 5) is 12.7. The zero-order valence-electron chi connectivity index (χ0n) is 13.0. The molecule has 0 spiro atoms. The summed E-state index contributed by atoms with van der Waals surface area (Å²) in [5.41, 5.74) is 2.07. The lowest BCUT2D eigenvalue weighted by Crippen LogP contribution is -2.09. The van der Waals surface area contributed by atoms with E-state index in [1.54, 1.807) is 0 Å². The van der Waals surface area contributed by atoms with Crippen molar-refractivity contribution < 1.29 is 4.79 Å². The van der Waals surface area contributed by atoms with Crippen LogP contribution in [-0.4, -0.2) is 10.4 Å². The molecule has 0 aliphatic heterocycles. The quantitative estimate of drug-likeness (QED) is 0.582. The second-order valence-corrected chi connectivity index (χ2v) is 5.71. The molecule has 112 valence electrons. The summed E-state index contributed by atoms with van der Waals surface area (Å²) in [6, 6.07) is 18.5. The molecule has 2 aromatic carbocycles. The second kappa shape index (κ2) is 6.61. The van der Waals surface area contributed by atoms with E-state index in [2.05, 4.69) is 42.0 Å².